The van der Waals surface area contributed by atoms with Gasteiger partial charge in [-0.25, -0.2) is 0 Å². The molecule has 110 valence electrons. The van der Waals surface area contributed by atoms with E-state index in [-0.39, 0.29) is 11.9 Å². The molecule has 1 amide bonds. The maximum absolute atomic E-state index is 12.4. The predicted octanol–water partition coefficient (Wildman–Crippen LogP) is 3.08. The van der Waals surface area contributed by atoms with Crippen molar-refractivity contribution in [3.63, 3.8) is 0 Å². The average molecular weight is 283 g/mol. The van der Waals surface area contributed by atoms with Crippen LogP contribution in [0.1, 0.15) is 40.0 Å². The molecule has 0 heterocycles. The van der Waals surface area contributed by atoms with Crippen molar-refractivity contribution in [2.45, 2.75) is 26.8 Å². The van der Waals surface area contributed by atoms with E-state index < -0.39 is 0 Å². The Kier molecular flexibility index (Phi) is 4.60. The van der Waals surface area contributed by atoms with Crippen LogP contribution in [0.25, 0.3) is 0 Å². The van der Waals surface area contributed by atoms with Crippen LogP contribution in [0.4, 0.5) is 5.69 Å². The summed E-state index contributed by atoms with van der Waals surface area (Å²) in [5.41, 5.74) is 7.21. The number of hydrazine groups is 1. The summed E-state index contributed by atoms with van der Waals surface area (Å²) >= 11 is 0. The number of anilines is 1. The highest BCUT2D eigenvalue weighted by atomic mass is 16.1. The number of amides is 1. The van der Waals surface area contributed by atoms with E-state index in [1.807, 2.05) is 51.1 Å². The Morgan fingerprint density at radius 3 is 2.43 bits per heavy atom. The summed E-state index contributed by atoms with van der Waals surface area (Å²) in [4.78, 5) is 12.4. The van der Waals surface area contributed by atoms with E-state index >= 15 is 0 Å². The van der Waals surface area contributed by atoms with Gasteiger partial charge in [0.1, 0.15) is 0 Å². The number of aryl methyl sites for hydroxylation is 2. The molecule has 2 rings (SSSR count). The molecule has 4 heteroatoms. The zero-order chi connectivity index (χ0) is 15.4. The number of rotatable bonds is 4. The Bertz CT molecular complexity index is 652. The predicted molar refractivity (Wildman–Crippen MR) is 86.0 cm³/mol. The highest BCUT2D eigenvalue weighted by Crippen LogP contribution is 2.19. The molecule has 0 spiro atoms. The van der Waals surface area contributed by atoms with Crippen molar-refractivity contribution < 1.29 is 4.79 Å². The largest absolute Gasteiger partial charge is 0.346 e. The van der Waals surface area contributed by atoms with Gasteiger partial charge < -0.3 is 10.7 Å². The molecule has 4 N–H and O–H groups in total. The first kappa shape index (κ1) is 15.1. The van der Waals surface area contributed by atoms with Crippen LogP contribution in [-0.2, 0) is 0 Å². The van der Waals surface area contributed by atoms with Crippen molar-refractivity contribution >= 4 is 11.6 Å². The average Bonchev–Trinajstić information content (AvgIpc) is 2.47. The molecular weight excluding hydrogens is 262 g/mol. The van der Waals surface area contributed by atoms with Crippen LogP contribution in [-0.4, -0.2) is 5.91 Å². The lowest BCUT2D eigenvalue weighted by Gasteiger charge is -2.17. The number of nitrogen functional groups attached to an aromatic ring is 1. The Balaban J connectivity index is 2.16. The zero-order valence-corrected chi connectivity index (χ0v) is 12.6. The monoisotopic (exact) mass is 283 g/mol. The van der Waals surface area contributed by atoms with Gasteiger partial charge in [-0.3, -0.25) is 10.6 Å². The highest BCUT2D eigenvalue weighted by molar-refractivity contribution is 5.96. The van der Waals surface area contributed by atoms with E-state index in [2.05, 4.69) is 10.7 Å². The third-order valence-corrected chi connectivity index (χ3v) is 3.64. The molecule has 4 nitrogen and oxygen atoms in total. The van der Waals surface area contributed by atoms with Gasteiger partial charge in [0.05, 0.1) is 6.04 Å². The summed E-state index contributed by atoms with van der Waals surface area (Å²) < 4.78 is 0. The molecule has 1 atom stereocenters. The second kappa shape index (κ2) is 6.41. The van der Waals surface area contributed by atoms with Crippen LogP contribution in [0.5, 0.6) is 0 Å². The molecule has 21 heavy (non-hydrogen) atoms. The number of benzene rings is 2. The van der Waals surface area contributed by atoms with Gasteiger partial charge in [-0.15, -0.1) is 0 Å². The minimum absolute atomic E-state index is 0.0367. The van der Waals surface area contributed by atoms with Gasteiger partial charge in [-0.2, -0.15) is 0 Å². The summed E-state index contributed by atoms with van der Waals surface area (Å²) in [5, 5.41) is 3.04. The lowest BCUT2D eigenvalue weighted by molar-refractivity contribution is 0.0939. The molecule has 0 fully saturated rings. The van der Waals surface area contributed by atoms with E-state index in [0.29, 0.717) is 5.56 Å². The molecule has 2 aromatic rings. The van der Waals surface area contributed by atoms with Crippen molar-refractivity contribution in [2.24, 2.45) is 5.84 Å². The topological polar surface area (TPSA) is 67.1 Å². The van der Waals surface area contributed by atoms with Gasteiger partial charge >= 0.3 is 0 Å². The zero-order valence-electron chi connectivity index (χ0n) is 12.6. The molecule has 0 aliphatic carbocycles. The number of carbonyl (C=O) groups is 1. The maximum atomic E-state index is 12.4. The minimum Gasteiger partial charge on any atom is -0.346 e. The van der Waals surface area contributed by atoms with Crippen LogP contribution in [0.15, 0.2) is 42.5 Å². The number of hydrogen-bond acceptors (Lipinski definition) is 3. The van der Waals surface area contributed by atoms with Crippen LogP contribution >= 0.6 is 0 Å². The normalized spacial score (nSPS) is 11.8. The Morgan fingerprint density at radius 2 is 1.81 bits per heavy atom. The number of carbonyl (C=O) groups excluding carboxylic acids is 1. The van der Waals surface area contributed by atoms with Gasteiger partial charge in [0.25, 0.3) is 5.91 Å². The van der Waals surface area contributed by atoms with Gasteiger partial charge in [0, 0.05) is 11.3 Å². The minimum atomic E-state index is -0.0770. The SMILES string of the molecule is Cc1cc(NN)ccc1C(=O)NC(C)c1ccccc1C. The molecule has 0 aliphatic rings. The Morgan fingerprint density at radius 1 is 1.10 bits per heavy atom. The standard InChI is InChI=1S/C17H21N3O/c1-11-6-4-5-7-15(11)13(3)19-17(21)16-9-8-14(20-18)10-12(16)2/h4-10,13,20H,18H2,1-3H3,(H,19,21). The number of nitrogens with two attached hydrogens (primary N) is 1. The summed E-state index contributed by atoms with van der Waals surface area (Å²) in [6, 6.07) is 13.5. The van der Waals surface area contributed by atoms with Crippen molar-refractivity contribution in [2.75, 3.05) is 5.43 Å². The smallest absolute Gasteiger partial charge is 0.252 e. The van der Waals surface area contributed by atoms with Crippen LogP contribution in [0.2, 0.25) is 0 Å². The first-order chi connectivity index (χ1) is 10.0. The fraction of sp³-hybridized carbons (Fsp3) is 0.235. The molecule has 0 bridgehead atoms. The van der Waals surface area contributed by atoms with Crippen molar-refractivity contribution in [3.8, 4) is 0 Å². The summed E-state index contributed by atoms with van der Waals surface area (Å²) in [6.45, 7) is 5.94. The fourth-order valence-electron chi connectivity index (χ4n) is 2.43. The number of hydrogen-bond donors (Lipinski definition) is 3. The van der Waals surface area contributed by atoms with E-state index in [1.165, 1.54) is 5.56 Å². The van der Waals surface area contributed by atoms with Gasteiger partial charge in [0.2, 0.25) is 0 Å². The second-order valence-electron chi connectivity index (χ2n) is 5.23. The Hall–Kier alpha value is -2.33. The first-order valence-corrected chi connectivity index (χ1v) is 6.96. The molecule has 0 radical (unpaired) electrons. The van der Waals surface area contributed by atoms with Crippen LogP contribution in [0.3, 0.4) is 0 Å². The maximum Gasteiger partial charge on any atom is 0.252 e. The summed E-state index contributed by atoms with van der Waals surface area (Å²) in [5.74, 6) is 5.29. The lowest BCUT2D eigenvalue weighted by atomic mass is 10.0. The molecule has 0 aliphatic heterocycles. The lowest BCUT2D eigenvalue weighted by Crippen LogP contribution is -2.27. The fourth-order valence-corrected chi connectivity index (χ4v) is 2.43. The van der Waals surface area contributed by atoms with E-state index in [4.69, 9.17) is 5.84 Å². The second-order valence-corrected chi connectivity index (χ2v) is 5.23. The first-order valence-electron chi connectivity index (χ1n) is 6.96. The quantitative estimate of drug-likeness (QED) is 0.596. The van der Waals surface area contributed by atoms with Crippen molar-refractivity contribution in [1.29, 1.82) is 0 Å². The van der Waals surface area contributed by atoms with Crippen LogP contribution < -0.4 is 16.6 Å². The third kappa shape index (κ3) is 3.41. The molecular formula is C17H21N3O. The summed E-state index contributed by atoms with van der Waals surface area (Å²) in [6.07, 6.45) is 0. The van der Waals surface area contributed by atoms with Crippen LogP contribution in [0, 0.1) is 13.8 Å². The summed E-state index contributed by atoms with van der Waals surface area (Å²) in [7, 11) is 0. The van der Waals surface area contributed by atoms with Gasteiger partial charge in [-0.05, 0) is 55.7 Å². The van der Waals surface area contributed by atoms with Crippen molar-refractivity contribution in [1.82, 2.24) is 5.32 Å². The van der Waals surface area contributed by atoms with Gasteiger partial charge in [-0.1, -0.05) is 24.3 Å². The van der Waals surface area contributed by atoms with E-state index in [0.717, 1.165) is 16.8 Å². The van der Waals surface area contributed by atoms with Gasteiger partial charge in [0.15, 0.2) is 0 Å². The molecule has 0 saturated carbocycles. The number of nitrogens with one attached hydrogen (secondary N) is 2. The molecule has 1 unspecified atom stereocenters. The van der Waals surface area contributed by atoms with E-state index in [1.54, 1.807) is 12.1 Å². The third-order valence-electron chi connectivity index (χ3n) is 3.64. The van der Waals surface area contributed by atoms with Crippen molar-refractivity contribution in [3.05, 3.63) is 64.7 Å². The molecule has 0 aromatic heterocycles. The van der Waals surface area contributed by atoms with E-state index in [9.17, 15) is 4.79 Å². The highest BCUT2D eigenvalue weighted by Gasteiger charge is 2.14. The molecule has 2 aromatic carbocycles. The Labute approximate surface area is 125 Å². The molecule has 0 saturated heterocycles.